The van der Waals surface area contributed by atoms with Crippen molar-refractivity contribution in [3.63, 3.8) is 0 Å². The Balaban J connectivity index is 1.93. The molecular weight excluding hydrogens is 360 g/mol. The minimum Gasteiger partial charge on any atom is -0.469 e. The minimum absolute atomic E-state index is 0.173. The number of nitrogens with zero attached hydrogens (tertiary/aromatic N) is 2. The summed E-state index contributed by atoms with van der Waals surface area (Å²) in [6, 6.07) is 9.82. The minimum atomic E-state index is -0.977. The molecule has 0 radical (unpaired) electrons. The molecule has 2 aliphatic heterocycles. The van der Waals surface area contributed by atoms with Gasteiger partial charge in [-0.2, -0.15) is 0 Å². The zero-order valence-electron chi connectivity index (χ0n) is 16.3. The van der Waals surface area contributed by atoms with Gasteiger partial charge < -0.3 is 14.4 Å². The summed E-state index contributed by atoms with van der Waals surface area (Å²) >= 11 is 0. The van der Waals surface area contributed by atoms with Crippen LogP contribution in [0.3, 0.4) is 0 Å². The molecule has 7 nitrogen and oxygen atoms in total. The highest BCUT2D eigenvalue weighted by Gasteiger charge is 2.44. The third-order valence-corrected chi connectivity index (χ3v) is 5.06. The molecule has 0 spiro atoms. The predicted molar refractivity (Wildman–Crippen MR) is 102 cm³/mol. The van der Waals surface area contributed by atoms with E-state index in [4.69, 9.17) is 9.47 Å². The second kappa shape index (κ2) is 7.88. The molecule has 1 unspecified atom stereocenters. The summed E-state index contributed by atoms with van der Waals surface area (Å²) in [4.78, 5) is 40.3. The zero-order valence-corrected chi connectivity index (χ0v) is 16.3. The fourth-order valence-corrected chi connectivity index (χ4v) is 3.44. The number of hydrogen-bond donors (Lipinski definition) is 0. The van der Waals surface area contributed by atoms with E-state index in [0.29, 0.717) is 12.1 Å². The summed E-state index contributed by atoms with van der Waals surface area (Å²) in [5, 5.41) is 0. The van der Waals surface area contributed by atoms with Crippen molar-refractivity contribution < 1.29 is 23.9 Å². The van der Waals surface area contributed by atoms with Gasteiger partial charge in [-0.3, -0.25) is 9.59 Å². The van der Waals surface area contributed by atoms with Gasteiger partial charge in [-0.25, -0.2) is 9.69 Å². The summed E-state index contributed by atoms with van der Waals surface area (Å²) < 4.78 is 9.84. The van der Waals surface area contributed by atoms with Crippen LogP contribution in [0.1, 0.15) is 19.4 Å². The third kappa shape index (κ3) is 3.78. The molecular formula is C21H24N2O5. The molecule has 28 heavy (non-hydrogen) atoms. The maximum absolute atomic E-state index is 13.1. The topological polar surface area (TPSA) is 76.2 Å². The van der Waals surface area contributed by atoms with E-state index in [2.05, 4.69) is 0 Å². The predicted octanol–water partition coefficient (Wildman–Crippen LogP) is 2.69. The molecule has 1 aromatic rings. The number of benzene rings is 1. The van der Waals surface area contributed by atoms with Crippen LogP contribution in [-0.2, 0) is 25.6 Å². The van der Waals surface area contributed by atoms with Crippen molar-refractivity contribution in [3.8, 4) is 0 Å². The molecule has 2 amide bonds. The molecule has 0 bridgehead atoms. The number of imide groups is 1. The number of rotatable bonds is 5. The first-order valence-electron chi connectivity index (χ1n) is 9.11. The fourth-order valence-electron chi connectivity index (χ4n) is 3.44. The van der Waals surface area contributed by atoms with Gasteiger partial charge in [-0.1, -0.05) is 36.4 Å². The van der Waals surface area contributed by atoms with E-state index in [1.807, 2.05) is 47.5 Å². The van der Waals surface area contributed by atoms with Crippen molar-refractivity contribution in [1.82, 2.24) is 9.80 Å². The van der Waals surface area contributed by atoms with Crippen LogP contribution in [0.5, 0.6) is 0 Å². The van der Waals surface area contributed by atoms with E-state index in [1.165, 1.54) is 7.11 Å². The van der Waals surface area contributed by atoms with E-state index in [9.17, 15) is 14.4 Å². The zero-order chi connectivity index (χ0) is 20.3. The summed E-state index contributed by atoms with van der Waals surface area (Å²) in [6.45, 7) is 4.38. The molecule has 0 N–H and O–H groups in total. The molecule has 1 aromatic carbocycles. The number of hydrogen-bond acceptors (Lipinski definition) is 6. The maximum Gasteiger partial charge on any atom is 0.416 e. The number of carbonyl (C=O) groups excluding carboxylic acids is 3. The van der Waals surface area contributed by atoms with Gasteiger partial charge >= 0.3 is 12.1 Å². The highest BCUT2D eigenvalue weighted by atomic mass is 16.6. The summed E-state index contributed by atoms with van der Waals surface area (Å²) in [7, 11) is 1.32. The van der Waals surface area contributed by atoms with E-state index < -0.39 is 29.3 Å². The lowest BCUT2D eigenvalue weighted by molar-refractivity contribution is -0.152. The van der Waals surface area contributed by atoms with E-state index in [-0.39, 0.29) is 13.2 Å². The highest BCUT2D eigenvalue weighted by Crippen LogP contribution is 2.38. The van der Waals surface area contributed by atoms with Crippen LogP contribution in [0.2, 0.25) is 0 Å². The number of amides is 2. The van der Waals surface area contributed by atoms with Crippen molar-refractivity contribution in [2.45, 2.75) is 20.4 Å². The van der Waals surface area contributed by atoms with Crippen LogP contribution < -0.4 is 0 Å². The van der Waals surface area contributed by atoms with Crippen molar-refractivity contribution >= 4 is 18.0 Å². The Hall–Kier alpha value is -3.09. The smallest absolute Gasteiger partial charge is 0.416 e. The first kappa shape index (κ1) is 19.7. The third-order valence-electron chi connectivity index (χ3n) is 5.06. The van der Waals surface area contributed by atoms with Crippen molar-refractivity contribution in [1.29, 1.82) is 0 Å². The summed E-state index contributed by atoms with van der Waals surface area (Å²) in [5.41, 5.74) is 0.448. The SMILES string of the molecule is COC(=O)C(C)(C)C1C=CN(Cc2ccccc2)C=C1C(=O)N1CCOC1=O. The average Bonchev–Trinajstić information content (AvgIpc) is 3.13. The lowest BCUT2D eigenvalue weighted by Crippen LogP contribution is -2.42. The van der Waals surface area contributed by atoms with Crippen LogP contribution in [0.25, 0.3) is 0 Å². The number of allylic oxidation sites excluding steroid dienone is 1. The quantitative estimate of drug-likeness (QED) is 0.727. The van der Waals surface area contributed by atoms with Gasteiger partial charge in [0.05, 0.1) is 19.1 Å². The lowest BCUT2D eigenvalue weighted by atomic mass is 9.73. The van der Waals surface area contributed by atoms with Crippen LogP contribution in [0.4, 0.5) is 4.79 Å². The Morgan fingerprint density at radius 3 is 2.57 bits per heavy atom. The number of carbonyl (C=O) groups is 3. The van der Waals surface area contributed by atoms with Gasteiger partial charge in [-0.05, 0) is 19.4 Å². The fraction of sp³-hybridized carbons (Fsp3) is 0.381. The molecule has 148 valence electrons. The monoisotopic (exact) mass is 384 g/mol. The second-order valence-corrected chi connectivity index (χ2v) is 7.35. The standard InChI is InChI=1S/C21H24N2O5/c1-21(2,19(25)27-3)17-9-10-22(13-15-7-5-4-6-8-15)14-16(17)18(24)23-11-12-28-20(23)26/h4-10,14,17H,11-13H2,1-3H3. The maximum atomic E-state index is 13.1. The largest absolute Gasteiger partial charge is 0.469 e. The molecule has 0 aliphatic carbocycles. The van der Waals surface area contributed by atoms with Gasteiger partial charge in [0.15, 0.2) is 0 Å². The van der Waals surface area contributed by atoms with Crippen LogP contribution in [-0.4, -0.2) is 48.0 Å². The molecule has 3 rings (SSSR count). The Bertz CT molecular complexity index is 828. The molecule has 2 heterocycles. The number of methoxy groups -OCH3 is 1. The van der Waals surface area contributed by atoms with E-state index in [0.717, 1.165) is 10.5 Å². The van der Waals surface area contributed by atoms with Crippen LogP contribution in [0, 0.1) is 11.3 Å². The Morgan fingerprint density at radius 2 is 1.96 bits per heavy atom. The molecule has 1 atom stereocenters. The molecule has 0 aromatic heterocycles. The van der Waals surface area contributed by atoms with Crippen molar-refractivity contribution in [2.75, 3.05) is 20.3 Å². The van der Waals surface area contributed by atoms with Gasteiger partial charge in [0.1, 0.15) is 6.61 Å². The van der Waals surface area contributed by atoms with Crippen molar-refractivity contribution in [2.24, 2.45) is 11.3 Å². The lowest BCUT2D eigenvalue weighted by Gasteiger charge is -2.35. The van der Waals surface area contributed by atoms with E-state index >= 15 is 0 Å². The first-order chi connectivity index (χ1) is 13.3. The Kier molecular flexibility index (Phi) is 5.53. The molecule has 7 heteroatoms. The number of esters is 1. The number of cyclic esters (lactones) is 1. The van der Waals surface area contributed by atoms with Gasteiger partial charge in [0.25, 0.3) is 5.91 Å². The summed E-state index contributed by atoms with van der Waals surface area (Å²) in [6.07, 6.45) is 4.70. The Morgan fingerprint density at radius 1 is 1.25 bits per heavy atom. The molecule has 0 saturated carbocycles. The first-order valence-corrected chi connectivity index (χ1v) is 9.11. The number of ether oxygens (including phenoxy) is 2. The Labute approximate surface area is 164 Å². The molecule has 1 saturated heterocycles. The van der Waals surface area contributed by atoms with Gasteiger partial charge in [-0.15, -0.1) is 0 Å². The van der Waals surface area contributed by atoms with Gasteiger partial charge in [0.2, 0.25) is 0 Å². The average molecular weight is 384 g/mol. The van der Waals surface area contributed by atoms with Gasteiger partial charge in [0, 0.05) is 30.4 Å². The van der Waals surface area contributed by atoms with Crippen LogP contribution in [0.15, 0.2) is 54.4 Å². The molecule has 1 fully saturated rings. The highest BCUT2D eigenvalue weighted by molar-refractivity contribution is 6.04. The van der Waals surface area contributed by atoms with Crippen LogP contribution >= 0.6 is 0 Å². The summed E-state index contributed by atoms with van der Waals surface area (Å²) in [5.74, 6) is -1.42. The van der Waals surface area contributed by atoms with Crippen molar-refractivity contribution in [3.05, 3.63) is 59.9 Å². The van der Waals surface area contributed by atoms with E-state index in [1.54, 1.807) is 20.0 Å². The molecule has 2 aliphatic rings. The normalized spacial score (nSPS) is 19.3. The second-order valence-electron chi connectivity index (χ2n) is 7.35.